The lowest BCUT2D eigenvalue weighted by molar-refractivity contribution is 0.103. The minimum absolute atomic E-state index is 0.0297. The summed E-state index contributed by atoms with van der Waals surface area (Å²) in [5, 5.41) is 9.77. The molecule has 0 saturated heterocycles. The fraction of sp³-hybridized carbons (Fsp3) is 0.0714. The Balaban J connectivity index is 2.44. The van der Waals surface area contributed by atoms with Crippen molar-refractivity contribution in [3.8, 4) is 11.5 Å². The van der Waals surface area contributed by atoms with E-state index >= 15 is 0 Å². The number of halogens is 2. The summed E-state index contributed by atoms with van der Waals surface area (Å²) in [4.78, 5) is 12.1. The molecular weight excluding hydrogens is 315 g/mol. The molecule has 2 aromatic rings. The smallest absolute Gasteiger partial charge is 0.199 e. The predicted molar refractivity (Wildman–Crippen MR) is 72.2 cm³/mol. The average Bonchev–Trinajstić information content (AvgIpc) is 2.37. The first-order valence-corrected chi connectivity index (χ1v) is 6.19. The van der Waals surface area contributed by atoms with Crippen molar-refractivity contribution < 1.29 is 19.0 Å². The van der Waals surface area contributed by atoms with Crippen molar-refractivity contribution >= 4 is 21.7 Å². The van der Waals surface area contributed by atoms with Gasteiger partial charge in [0.1, 0.15) is 17.3 Å². The molecule has 0 heterocycles. The molecule has 2 rings (SSSR count). The van der Waals surface area contributed by atoms with E-state index in [0.717, 1.165) is 0 Å². The molecule has 0 aromatic heterocycles. The van der Waals surface area contributed by atoms with E-state index in [9.17, 15) is 14.3 Å². The summed E-state index contributed by atoms with van der Waals surface area (Å²) >= 11 is 3.12. The Morgan fingerprint density at radius 1 is 1.21 bits per heavy atom. The quantitative estimate of drug-likeness (QED) is 0.878. The van der Waals surface area contributed by atoms with Gasteiger partial charge in [0.05, 0.1) is 18.2 Å². The SMILES string of the molecule is COc1ccc(C(=O)c2ccc(Br)cc2F)c(O)c1. The molecular formula is C14H10BrFO3. The van der Waals surface area contributed by atoms with E-state index in [1.54, 1.807) is 6.07 Å². The molecule has 0 saturated carbocycles. The number of ketones is 1. The molecule has 3 nitrogen and oxygen atoms in total. The van der Waals surface area contributed by atoms with Crippen LogP contribution < -0.4 is 4.74 Å². The third kappa shape index (κ3) is 2.76. The number of carbonyl (C=O) groups excluding carboxylic acids is 1. The minimum atomic E-state index is -0.644. The fourth-order valence-corrected chi connectivity index (χ4v) is 1.98. The number of benzene rings is 2. The fourth-order valence-electron chi connectivity index (χ4n) is 1.65. The van der Waals surface area contributed by atoms with Gasteiger partial charge in [-0.25, -0.2) is 4.39 Å². The number of rotatable bonds is 3. The predicted octanol–water partition coefficient (Wildman–Crippen LogP) is 3.53. The summed E-state index contributed by atoms with van der Waals surface area (Å²) in [5.74, 6) is -1.04. The van der Waals surface area contributed by atoms with E-state index in [4.69, 9.17) is 4.74 Å². The molecule has 0 bridgehead atoms. The van der Waals surface area contributed by atoms with Crippen molar-refractivity contribution in [1.29, 1.82) is 0 Å². The second-order valence-corrected chi connectivity index (χ2v) is 4.75. The normalized spacial score (nSPS) is 10.3. The van der Waals surface area contributed by atoms with Gasteiger partial charge in [-0.15, -0.1) is 0 Å². The van der Waals surface area contributed by atoms with Gasteiger partial charge in [-0.3, -0.25) is 4.79 Å². The van der Waals surface area contributed by atoms with Crippen molar-refractivity contribution in [3.05, 3.63) is 57.8 Å². The Hall–Kier alpha value is -1.88. The summed E-state index contributed by atoms with van der Waals surface area (Å²) < 4.78 is 19.2. The highest BCUT2D eigenvalue weighted by molar-refractivity contribution is 9.10. The molecule has 0 aliphatic heterocycles. The highest BCUT2D eigenvalue weighted by atomic mass is 79.9. The highest BCUT2D eigenvalue weighted by Crippen LogP contribution is 2.27. The Kier molecular flexibility index (Phi) is 3.85. The molecule has 0 amide bonds. The van der Waals surface area contributed by atoms with Crippen molar-refractivity contribution in [1.82, 2.24) is 0 Å². The lowest BCUT2D eigenvalue weighted by Crippen LogP contribution is -2.04. The number of phenols is 1. The molecule has 0 radical (unpaired) electrons. The van der Waals surface area contributed by atoms with Crippen molar-refractivity contribution in [2.24, 2.45) is 0 Å². The van der Waals surface area contributed by atoms with Crippen LogP contribution in [-0.2, 0) is 0 Å². The van der Waals surface area contributed by atoms with Crippen LogP contribution in [0.15, 0.2) is 40.9 Å². The highest BCUT2D eigenvalue weighted by Gasteiger charge is 2.17. The molecule has 0 spiro atoms. The van der Waals surface area contributed by atoms with E-state index in [-0.39, 0.29) is 16.9 Å². The van der Waals surface area contributed by atoms with Crippen LogP contribution in [0, 0.1) is 5.82 Å². The number of ether oxygens (including phenoxy) is 1. The van der Waals surface area contributed by atoms with Gasteiger partial charge in [-0.05, 0) is 30.3 Å². The lowest BCUT2D eigenvalue weighted by atomic mass is 10.0. The zero-order valence-electron chi connectivity index (χ0n) is 9.98. The second-order valence-electron chi connectivity index (χ2n) is 3.84. The maximum absolute atomic E-state index is 13.7. The molecule has 1 N–H and O–H groups in total. The first-order valence-electron chi connectivity index (χ1n) is 5.39. The van der Waals surface area contributed by atoms with E-state index in [2.05, 4.69) is 15.9 Å². The molecule has 0 aliphatic carbocycles. The zero-order chi connectivity index (χ0) is 14.0. The first kappa shape index (κ1) is 13.5. The third-order valence-corrected chi connectivity index (χ3v) is 3.12. The second kappa shape index (κ2) is 5.40. The van der Waals surface area contributed by atoms with E-state index in [1.165, 1.54) is 37.4 Å². The molecule has 0 fully saturated rings. The minimum Gasteiger partial charge on any atom is -0.507 e. The van der Waals surface area contributed by atoms with Crippen LogP contribution in [0.5, 0.6) is 11.5 Å². The topological polar surface area (TPSA) is 46.5 Å². The summed E-state index contributed by atoms with van der Waals surface area (Å²) in [6.45, 7) is 0. The molecule has 0 atom stereocenters. The summed E-state index contributed by atoms with van der Waals surface area (Å²) in [6.07, 6.45) is 0. The van der Waals surface area contributed by atoms with E-state index < -0.39 is 11.6 Å². The number of aromatic hydroxyl groups is 1. The number of hydrogen-bond donors (Lipinski definition) is 1. The molecule has 0 unspecified atom stereocenters. The van der Waals surface area contributed by atoms with Crippen molar-refractivity contribution in [2.45, 2.75) is 0 Å². The molecule has 2 aromatic carbocycles. The van der Waals surface area contributed by atoms with Crippen LogP contribution in [0.2, 0.25) is 0 Å². The van der Waals surface area contributed by atoms with Crippen LogP contribution in [0.25, 0.3) is 0 Å². The van der Waals surface area contributed by atoms with Gasteiger partial charge in [0, 0.05) is 10.5 Å². The van der Waals surface area contributed by atoms with Crippen LogP contribution in [0.3, 0.4) is 0 Å². The Labute approximate surface area is 117 Å². The Morgan fingerprint density at radius 3 is 2.47 bits per heavy atom. The van der Waals surface area contributed by atoms with Gasteiger partial charge in [0.15, 0.2) is 5.78 Å². The Morgan fingerprint density at radius 2 is 1.89 bits per heavy atom. The molecule has 5 heteroatoms. The van der Waals surface area contributed by atoms with Gasteiger partial charge >= 0.3 is 0 Å². The molecule has 98 valence electrons. The van der Waals surface area contributed by atoms with Crippen LogP contribution in [0.1, 0.15) is 15.9 Å². The van der Waals surface area contributed by atoms with Gasteiger partial charge < -0.3 is 9.84 Å². The lowest BCUT2D eigenvalue weighted by Gasteiger charge is -2.07. The number of carbonyl (C=O) groups is 1. The number of hydrogen-bond acceptors (Lipinski definition) is 3. The van der Waals surface area contributed by atoms with Crippen LogP contribution in [-0.4, -0.2) is 18.0 Å². The average molecular weight is 325 g/mol. The number of methoxy groups -OCH3 is 1. The summed E-state index contributed by atoms with van der Waals surface area (Å²) in [7, 11) is 1.45. The van der Waals surface area contributed by atoms with E-state index in [0.29, 0.717) is 10.2 Å². The monoisotopic (exact) mass is 324 g/mol. The first-order chi connectivity index (χ1) is 9.02. The number of phenolic OH excluding ortho intramolecular Hbond substituents is 1. The maximum Gasteiger partial charge on any atom is 0.199 e. The van der Waals surface area contributed by atoms with Crippen LogP contribution >= 0.6 is 15.9 Å². The van der Waals surface area contributed by atoms with E-state index in [1.807, 2.05) is 0 Å². The standard InChI is InChI=1S/C14H10BrFO3/c1-19-9-3-5-11(13(17)7-9)14(18)10-4-2-8(15)6-12(10)16/h2-7,17H,1H3. The zero-order valence-corrected chi connectivity index (χ0v) is 11.6. The van der Waals surface area contributed by atoms with Gasteiger partial charge in [-0.2, -0.15) is 0 Å². The summed E-state index contributed by atoms with van der Waals surface area (Å²) in [6, 6.07) is 8.38. The van der Waals surface area contributed by atoms with Gasteiger partial charge in [-0.1, -0.05) is 15.9 Å². The van der Waals surface area contributed by atoms with Gasteiger partial charge in [0.2, 0.25) is 0 Å². The van der Waals surface area contributed by atoms with Crippen molar-refractivity contribution in [3.63, 3.8) is 0 Å². The largest absolute Gasteiger partial charge is 0.507 e. The van der Waals surface area contributed by atoms with Gasteiger partial charge in [0.25, 0.3) is 0 Å². The van der Waals surface area contributed by atoms with Crippen LogP contribution in [0.4, 0.5) is 4.39 Å². The van der Waals surface area contributed by atoms with Crippen molar-refractivity contribution in [2.75, 3.05) is 7.11 Å². The molecule has 19 heavy (non-hydrogen) atoms. The molecule has 0 aliphatic rings. The third-order valence-electron chi connectivity index (χ3n) is 2.63. The summed E-state index contributed by atoms with van der Waals surface area (Å²) in [5.41, 5.74) is -0.0642. The maximum atomic E-state index is 13.7. The Bertz CT molecular complexity index is 641.